The molecule has 1 heterocycles. The third-order valence-electron chi connectivity index (χ3n) is 2.81. The molecule has 98 valence electrons. The number of carbonyl (C=O) groups excluding carboxylic acids is 1. The highest BCUT2D eigenvalue weighted by molar-refractivity contribution is 5.79. The van der Waals surface area contributed by atoms with Crippen molar-refractivity contribution in [3.05, 3.63) is 48.2 Å². The van der Waals surface area contributed by atoms with E-state index in [-0.39, 0.29) is 5.91 Å². The summed E-state index contributed by atoms with van der Waals surface area (Å²) in [7, 11) is 0. The van der Waals surface area contributed by atoms with Crippen molar-refractivity contribution in [2.24, 2.45) is 0 Å². The van der Waals surface area contributed by atoms with Gasteiger partial charge in [-0.1, -0.05) is 30.3 Å². The average Bonchev–Trinajstić information content (AvgIpc) is 2.46. The van der Waals surface area contributed by atoms with Gasteiger partial charge in [-0.25, -0.2) is 10.5 Å². The van der Waals surface area contributed by atoms with Crippen LogP contribution in [0.5, 0.6) is 0 Å². The molecule has 0 bridgehead atoms. The average molecular weight is 256 g/mol. The molecule has 4 heteroatoms. The number of nitrogens with zero attached hydrogens (tertiary/aromatic N) is 1. The first-order chi connectivity index (χ1) is 9.29. The normalized spacial score (nSPS) is 11.0. The first-order valence-electron chi connectivity index (χ1n) is 6.25. The zero-order valence-electron chi connectivity index (χ0n) is 10.5. The summed E-state index contributed by atoms with van der Waals surface area (Å²) in [6.45, 7) is 0. The maximum Gasteiger partial charge on any atom is 0.243 e. The second kappa shape index (κ2) is 6.66. The van der Waals surface area contributed by atoms with E-state index < -0.39 is 0 Å². The van der Waals surface area contributed by atoms with Crippen LogP contribution in [0, 0.1) is 0 Å². The lowest BCUT2D eigenvalue weighted by Crippen LogP contribution is -2.17. The second-order valence-electron chi connectivity index (χ2n) is 4.26. The number of pyridine rings is 1. The zero-order chi connectivity index (χ0) is 13.5. The van der Waals surface area contributed by atoms with Gasteiger partial charge in [0, 0.05) is 11.8 Å². The number of carbonyl (C=O) groups is 1. The minimum atomic E-state index is -0.350. The number of amides is 1. The van der Waals surface area contributed by atoms with Gasteiger partial charge in [0.05, 0.1) is 11.2 Å². The number of hydrogen-bond acceptors (Lipinski definition) is 3. The molecule has 2 rings (SSSR count). The van der Waals surface area contributed by atoms with Gasteiger partial charge in [0.25, 0.3) is 0 Å². The monoisotopic (exact) mass is 256 g/mol. The van der Waals surface area contributed by atoms with Crippen LogP contribution in [0.3, 0.4) is 0 Å². The molecule has 0 radical (unpaired) electrons. The van der Waals surface area contributed by atoms with Gasteiger partial charge in [-0.05, 0) is 31.1 Å². The standard InChI is InChI=1S/C15H16N2O2/c18-15(17-19)9-3-1-2-7-13-11-10-12-6-4-5-8-14(12)16-13/h2,4-8,10-11,19H,1,3,9H2,(H,17,18)/b7-2+. The van der Waals surface area contributed by atoms with Gasteiger partial charge >= 0.3 is 0 Å². The van der Waals surface area contributed by atoms with Crippen LogP contribution in [0.1, 0.15) is 25.0 Å². The first-order valence-corrected chi connectivity index (χ1v) is 6.25. The third kappa shape index (κ3) is 3.89. The Morgan fingerprint density at radius 3 is 2.95 bits per heavy atom. The molecule has 1 aromatic heterocycles. The Bertz CT molecular complexity index is 593. The van der Waals surface area contributed by atoms with Crippen molar-refractivity contribution < 1.29 is 10.0 Å². The van der Waals surface area contributed by atoms with Gasteiger partial charge in [0.15, 0.2) is 0 Å². The summed E-state index contributed by atoms with van der Waals surface area (Å²) in [6.07, 6.45) is 5.75. The predicted molar refractivity (Wildman–Crippen MR) is 74.6 cm³/mol. The van der Waals surface area contributed by atoms with Crippen LogP contribution in [-0.2, 0) is 4.79 Å². The molecule has 0 saturated carbocycles. The molecule has 0 unspecified atom stereocenters. The summed E-state index contributed by atoms with van der Waals surface area (Å²) in [5, 5.41) is 9.47. The van der Waals surface area contributed by atoms with Crippen LogP contribution in [0.2, 0.25) is 0 Å². The van der Waals surface area contributed by atoms with Crippen molar-refractivity contribution in [2.45, 2.75) is 19.3 Å². The molecule has 19 heavy (non-hydrogen) atoms. The van der Waals surface area contributed by atoms with Crippen molar-refractivity contribution in [2.75, 3.05) is 0 Å². The van der Waals surface area contributed by atoms with Crippen LogP contribution >= 0.6 is 0 Å². The number of allylic oxidation sites excluding steroid dienone is 1. The number of aromatic nitrogens is 1. The number of fused-ring (bicyclic) bond motifs is 1. The Morgan fingerprint density at radius 2 is 2.11 bits per heavy atom. The molecule has 0 aliphatic rings. The highest BCUT2D eigenvalue weighted by Gasteiger charge is 1.97. The van der Waals surface area contributed by atoms with Crippen molar-refractivity contribution in [1.82, 2.24) is 10.5 Å². The number of benzene rings is 1. The van der Waals surface area contributed by atoms with E-state index in [1.165, 1.54) is 0 Å². The van der Waals surface area contributed by atoms with Crippen molar-refractivity contribution >= 4 is 22.9 Å². The first kappa shape index (κ1) is 13.2. The summed E-state index contributed by atoms with van der Waals surface area (Å²) >= 11 is 0. The molecule has 2 aromatic rings. The summed E-state index contributed by atoms with van der Waals surface area (Å²) in [5.41, 5.74) is 3.50. The van der Waals surface area contributed by atoms with Crippen molar-refractivity contribution in [3.63, 3.8) is 0 Å². The smallest absolute Gasteiger partial charge is 0.243 e. The maximum atomic E-state index is 10.8. The van der Waals surface area contributed by atoms with Crippen LogP contribution in [0.25, 0.3) is 17.0 Å². The summed E-state index contributed by atoms with van der Waals surface area (Å²) < 4.78 is 0. The molecule has 1 amide bonds. The van der Waals surface area contributed by atoms with E-state index in [4.69, 9.17) is 5.21 Å². The minimum Gasteiger partial charge on any atom is -0.289 e. The molecule has 1 aromatic carbocycles. The van der Waals surface area contributed by atoms with Gasteiger partial charge in [-0.15, -0.1) is 0 Å². The lowest BCUT2D eigenvalue weighted by Gasteiger charge is -1.98. The number of para-hydroxylation sites is 1. The van der Waals surface area contributed by atoms with Crippen LogP contribution in [-0.4, -0.2) is 16.1 Å². The lowest BCUT2D eigenvalue weighted by atomic mass is 10.2. The lowest BCUT2D eigenvalue weighted by molar-refractivity contribution is -0.129. The van der Waals surface area contributed by atoms with E-state index >= 15 is 0 Å². The Kier molecular flexibility index (Phi) is 4.64. The largest absolute Gasteiger partial charge is 0.289 e. The third-order valence-corrected chi connectivity index (χ3v) is 2.81. The molecule has 2 N–H and O–H groups in total. The molecule has 4 nitrogen and oxygen atoms in total. The molecule has 0 fully saturated rings. The fraction of sp³-hybridized carbons (Fsp3) is 0.200. The number of hydrogen-bond donors (Lipinski definition) is 2. The summed E-state index contributed by atoms with van der Waals surface area (Å²) in [5.74, 6) is -0.350. The highest BCUT2D eigenvalue weighted by atomic mass is 16.5. The Labute approximate surface area is 111 Å². The van der Waals surface area contributed by atoms with Gasteiger partial charge in [-0.2, -0.15) is 0 Å². The van der Waals surface area contributed by atoms with Crippen LogP contribution < -0.4 is 5.48 Å². The van der Waals surface area contributed by atoms with Gasteiger partial charge in [0.1, 0.15) is 0 Å². The number of nitrogens with one attached hydrogen (secondary N) is 1. The molecule has 0 aliphatic heterocycles. The molecular formula is C15H16N2O2. The van der Waals surface area contributed by atoms with Crippen LogP contribution in [0.15, 0.2) is 42.5 Å². The zero-order valence-corrected chi connectivity index (χ0v) is 10.5. The van der Waals surface area contributed by atoms with E-state index in [0.717, 1.165) is 23.0 Å². The van der Waals surface area contributed by atoms with E-state index in [1.54, 1.807) is 5.48 Å². The fourth-order valence-electron chi connectivity index (χ4n) is 1.82. The number of unbranched alkanes of at least 4 members (excludes halogenated alkanes) is 1. The van der Waals surface area contributed by atoms with Crippen LogP contribution in [0.4, 0.5) is 0 Å². The molecule has 0 spiro atoms. The highest BCUT2D eigenvalue weighted by Crippen LogP contribution is 2.12. The molecule has 0 atom stereocenters. The van der Waals surface area contributed by atoms with Gasteiger partial charge in [0.2, 0.25) is 5.91 Å². The Morgan fingerprint density at radius 1 is 1.26 bits per heavy atom. The van der Waals surface area contributed by atoms with Crippen molar-refractivity contribution in [1.29, 1.82) is 0 Å². The topological polar surface area (TPSA) is 62.2 Å². The Hall–Kier alpha value is -2.20. The van der Waals surface area contributed by atoms with E-state index in [2.05, 4.69) is 4.98 Å². The van der Waals surface area contributed by atoms with Gasteiger partial charge < -0.3 is 0 Å². The number of rotatable bonds is 5. The van der Waals surface area contributed by atoms with E-state index in [9.17, 15) is 4.79 Å². The van der Waals surface area contributed by atoms with Crippen molar-refractivity contribution in [3.8, 4) is 0 Å². The van der Waals surface area contributed by atoms with Gasteiger partial charge in [-0.3, -0.25) is 10.0 Å². The Balaban J connectivity index is 1.92. The fourth-order valence-corrected chi connectivity index (χ4v) is 1.82. The minimum absolute atomic E-state index is 0.325. The van der Waals surface area contributed by atoms with E-state index in [1.807, 2.05) is 48.6 Å². The molecular weight excluding hydrogens is 240 g/mol. The molecule has 0 saturated heterocycles. The second-order valence-corrected chi connectivity index (χ2v) is 4.26. The maximum absolute atomic E-state index is 10.8. The summed E-state index contributed by atoms with van der Waals surface area (Å²) in [4.78, 5) is 15.3. The quantitative estimate of drug-likeness (QED) is 0.491. The predicted octanol–water partition coefficient (Wildman–Crippen LogP) is 2.92. The SMILES string of the molecule is O=C(CCC/C=C/c1ccc2ccccc2n1)NO. The van der Waals surface area contributed by atoms with E-state index in [0.29, 0.717) is 12.8 Å². The summed E-state index contributed by atoms with van der Waals surface area (Å²) in [6, 6.07) is 12.0. The number of hydroxylamine groups is 1. The molecule has 0 aliphatic carbocycles.